The lowest BCUT2D eigenvalue weighted by Gasteiger charge is -2.17. The molecule has 13 heteroatoms. The molecule has 0 unspecified atom stereocenters. The highest BCUT2D eigenvalue weighted by Gasteiger charge is 2.38. The van der Waals surface area contributed by atoms with Gasteiger partial charge in [-0.25, -0.2) is 13.4 Å². The first-order valence-corrected chi connectivity index (χ1v) is 13.2. The first kappa shape index (κ1) is 27.5. The fourth-order valence-corrected chi connectivity index (χ4v) is 4.75. The zero-order valence-corrected chi connectivity index (χ0v) is 20.8. The molecule has 1 heterocycles. The van der Waals surface area contributed by atoms with Crippen LogP contribution in [0.4, 0.5) is 26.3 Å². The third kappa shape index (κ3) is 6.10. The summed E-state index contributed by atoms with van der Waals surface area (Å²) in [7, 11) is -3.59. The van der Waals surface area contributed by atoms with Gasteiger partial charge in [0, 0.05) is 11.8 Å². The van der Waals surface area contributed by atoms with Gasteiger partial charge in [0.2, 0.25) is 11.7 Å². The van der Waals surface area contributed by atoms with Gasteiger partial charge in [0.25, 0.3) is 0 Å². The molecule has 198 valence electrons. The summed E-state index contributed by atoms with van der Waals surface area (Å²) in [6.45, 7) is 0. The Bertz CT molecular complexity index is 1560. The maximum absolute atomic E-state index is 13.8. The van der Waals surface area contributed by atoms with Crippen molar-refractivity contribution in [2.45, 2.75) is 22.1 Å². The predicted octanol–water partition coefficient (Wildman–Crippen LogP) is 7.34. The summed E-state index contributed by atoms with van der Waals surface area (Å²) in [5.74, 6) is -2.21. The number of nitrogens with zero attached hydrogens (tertiary/aromatic N) is 2. The highest BCUT2D eigenvalue weighted by Crippen LogP contribution is 2.43. The Morgan fingerprint density at radius 1 is 0.737 bits per heavy atom. The summed E-state index contributed by atoms with van der Waals surface area (Å²) in [5, 5.41) is 0. The van der Waals surface area contributed by atoms with E-state index in [9.17, 15) is 34.8 Å². The molecule has 0 saturated heterocycles. The van der Waals surface area contributed by atoms with Crippen molar-refractivity contribution in [3.63, 3.8) is 0 Å². The average Bonchev–Trinajstić information content (AvgIpc) is 2.86. The SMILES string of the molecule is CS(=O)(=O)c1ccc(-c2nc(C(F)(F)F)nc(OSc3ccccc3C(F)(F)F)c2-c2ccccc2)cc1. The quantitative estimate of drug-likeness (QED) is 0.179. The fourth-order valence-electron chi connectivity index (χ4n) is 3.42. The van der Waals surface area contributed by atoms with Gasteiger partial charge in [0.1, 0.15) is 0 Å². The summed E-state index contributed by atoms with van der Waals surface area (Å²) in [6, 6.07) is 17.4. The molecule has 3 aromatic carbocycles. The molecule has 0 radical (unpaired) electrons. The van der Waals surface area contributed by atoms with E-state index in [4.69, 9.17) is 4.18 Å². The summed E-state index contributed by atoms with van der Waals surface area (Å²) in [6.07, 6.45) is -8.78. The second-order valence-electron chi connectivity index (χ2n) is 7.90. The van der Waals surface area contributed by atoms with E-state index in [1.54, 1.807) is 30.3 Å². The Labute approximate surface area is 217 Å². The summed E-state index contributed by atoms with van der Waals surface area (Å²) in [4.78, 5) is 6.76. The lowest BCUT2D eigenvalue weighted by atomic mass is 10.00. The normalized spacial score (nSPS) is 12.4. The van der Waals surface area contributed by atoms with Crippen LogP contribution in [0.1, 0.15) is 11.4 Å². The number of rotatable bonds is 6. The molecule has 4 rings (SSSR count). The fraction of sp³-hybridized carbons (Fsp3) is 0.120. The molecule has 0 bridgehead atoms. The van der Waals surface area contributed by atoms with E-state index in [1.165, 1.54) is 36.4 Å². The Balaban J connectivity index is 1.92. The highest BCUT2D eigenvalue weighted by atomic mass is 32.2. The standard InChI is InChI=1S/C25H16F6N2O3S2/c1-38(34,35)17-13-11-16(12-14-17)21-20(15-7-3-2-4-8-15)22(33-23(32-21)25(29,30)31)36-37-19-10-6-5-9-18(19)24(26,27)28/h2-14H,1H3. The first-order chi connectivity index (χ1) is 17.7. The number of hydrogen-bond acceptors (Lipinski definition) is 6. The third-order valence-electron chi connectivity index (χ3n) is 5.15. The predicted molar refractivity (Wildman–Crippen MR) is 129 cm³/mol. The molecule has 0 N–H and O–H groups in total. The Morgan fingerprint density at radius 3 is 1.92 bits per heavy atom. The van der Waals surface area contributed by atoms with Gasteiger partial charge < -0.3 is 4.18 Å². The Kier molecular flexibility index (Phi) is 7.44. The molecule has 0 aliphatic heterocycles. The van der Waals surface area contributed by atoms with Crippen LogP contribution in [0.5, 0.6) is 5.88 Å². The molecular formula is C25H16F6N2O3S2. The second-order valence-corrected chi connectivity index (χ2v) is 10.7. The van der Waals surface area contributed by atoms with Crippen molar-refractivity contribution < 1.29 is 38.9 Å². The Morgan fingerprint density at radius 2 is 1.34 bits per heavy atom. The van der Waals surface area contributed by atoms with Gasteiger partial charge in [0.15, 0.2) is 9.84 Å². The van der Waals surface area contributed by atoms with Gasteiger partial charge in [-0.05, 0) is 29.8 Å². The van der Waals surface area contributed by atoms with Gasteiger partial charge in [-0.2, -0.15) is 31.3 Å². The summed E-state index contributed by atoms with van der Waals surface area (Å²) < 4.78 is 111. The summed E-state index contributed by atoms with van der Waals surface area (Å²) >= 11 is 0.208. The molecule has 0 spiro atoms. The number of aromatic nitrogens is 2. The van der Waals surface area contributed by atoms with Gasteiger partial charge >= 0.3 is 12.4 Å². The zero-order chi connectivity index (χ0) is 27.7. The van der Waals surface area contributed by atoms with Crippen LogP contribution in [-0.2, 0) is 22.2 Å². The van der Waals surface area contributed by atoms with E-state index in [-0.39, 0.29) is 38.7 Å². The van der Waals surface area contributed by atoms with Crippen molar-refractivity contribution in [2.75, 3.05) is 6.26 Å². The van der Waals surface area contributed by atoms with Crippen LogP contribution in [0.2, 0.25) is 0 Å². The van der Waals surface area contributed by atoms with Gasteiger partial charge in [-0.1, -0.05) is 54.6 Å². The minimum absolute atomic E-state index is 0.0253. The van der Waals surface area contributed by atoms with E-state index in [0.29, 0.717) is 5.56 Å². The van der Waals surface area contributed by atoms with Crippen LogP contribution in [0.15, 0.2) is 88.7 Å². The van der Waals surface area contributed by atoms with Gasteiger partial charge in [0.05, 0.1) is 38.7 Å². The van der Waals surface area contributed by atoms with E-state index in [0.717, 1.165) is 18.4 Å². The zero-order valence-electron chi connectivity index (χ0n) is 19.2. The molecule has 0 fully saturated rings. The molecule has 38 heavy (non-hydrogen) atoms. The topological polar surface area (TPSA) is 69.2 Å². The largest absolute Gasteiger partial charge is 0.451 e. The van der Waals surface area contributed by atoms with Crippen molar-refractivity contribution in [2.24, 2.45) is 0 Å². The van der Waals surface area contributed by atoms with E-state index in [2.05, 4.69) is 9.97 Å². The molecular weight excluding hydrogens is 554 g/mol. The minimum atomic E-state index is -5.02. The van der Waals surface area contributed by atoms with Gasteiger partial charge in [-0.15, -0.1) is 0 Å². The molecule has 5 nitrogen and oxygen atoms in total. The average molecular weight is 571 g/mol. The minimum Gasteiger partial charge on any atom is -0.400 e. The van der Waals surface area contributed by atoms with Crippen molar-refractivity contribution in [3.8, 4) is 28.3 Å². The third-order valence-corrected chi connectivity index (χ3v) is 7.06. The smallest absolute Gasteiger partial charge is 0.400 e. The van der Waals surface area contributed by atoms with Crippen LogP contribution < -0.4 is 4.18 Å². The van der Waals surface area contributed by atoms with Crippen molar-refractivity contribution in [3.05, 3.63) is 90.3 Å². The number of halogens is 6. The molecule has 0 atom stereocenters. The lowest BCUT2D eigenvalue weighted by molar-refractivity contribution is -0.145. The van der Waals surface area contributed by atoms with Crippen LogP contribution in [0, 0.1) is 0 Å². The number of hydrogen-bond donors (Lipinski definition) is 0. The molecule has 0 aliphatic carbocycles. The van der Waals surface area contributed by atoms with E-state index >= 15 is 0 Å². The lowest BCUT2D eigenvalue weighted by Crippen LogP contribution is -2.13. The van der Waals surface area contributed by atoms with Crippen LogP contribution in [0.3, 0.4) is 0 Å². The Hall–Kier alpha value is -3.58. The van der Waals surface area contributed by atoms with Crippen LogP contribution in [-0.4, -0.2) is 24.6 Å². The number of sulfone groups is 1. The van der Waals surface area contributed by atoms with Crippen LogP contribution in [0.25, 0.3) is 22.4 Å². The molecule has 0 saturated carbocycles. The van der Waals surface area contributed by atoms with Gasteiger partial charge in [-0.3, -0.25) is 0 Å². The van der Waals surface area contributed by atoms with Crippen LogP contribution >= 0.6 is 12.0 Å². The monoisotopic (exact) mass is 570 g/mol. The molecule has 0 aliphatic rings. The van der Waals surface area contributed by atoms with Crippen molar-refractivity contribution in [1.82, 2.24) is 9.97 Å². The van der Waals surface area contributed by atoms with E-state index in [1.807, 2.05) is 0 Å². The highest BCUT2D eigenvalue weighted by molar-refractivity contribution is 7.95. The van der Waals surface area contributed by atoms with Crippen molar-refractivity contribution >= 4 is 21.9 Å². The molecule has 1 aromatic heterocycles. The van der Waals surface area contributed by atoms with E-state index < -0.39 is 39.5 Å². The number of alkyl halides is 6. The van der Waals surface area contributed by atoms with Crippen molar-refractivity contribution in [1.29, 1.82) is 0 Å². The first-order valence-electron chi connectivity index (χ1n) is 10.6. The maximum Gasteiger partial charge on any atom is 0.451 e. The molecule has 0 amide bonds. The summed E-state index contributed by atoms with van der Waals surface area (Å²) in [5.41, 5.74) is -0.883. The number of benzene rings is 3. The second kappa shape index (κ2) is 10.3. The maximum atomic E-state index is 13.8. The molecule has 4 aromatic rings.